The van der Waals surface area contributed by atoms with Crippen LogP contribution in [0.3, 0.4) is 0 Å². The molecule has 210 valence electrons. The van der Waals surface area contributed by atoms with Crippen LogP contribution in [0.1, 0.15) is 57.1 Å². The van der Waals surface area contributed by atoms with Gasteiger partial charge in [0.15, 0.2) is 5.69 Å². The lowest BCUT2D eigenvalue weighted by molar-refractivity contribution is -0.144. The van der Waals surface area contributed by atoms with Gasteiger partial charge in [0.25, 0.3) is 11.8 Å². The molecule has 0 saturated carbocycles. The first-order valence-electron chi connectivity index (χ1n) is 11.3. The van der Waals surface area contributed by atoms with Crippen molar-refractivity contribution >= 4 is 29.1 Å². The van der Waals surface area contributed by atoms with E-state index in [0.29, 0.717) is 5.56 Å². The highest BCUT2D eigenvalue weighted by Crippen LogP contribution is 2.35. The molecule has 2 aromatic carbocycles. The number of aliphatic hydroxyl groups is 1. The number of hydrogen-bond acceptors (Lipinski definition) is 4. The standard InChI is InChI=1S/C25H23ClF6N4O3/c1-13-9-14(11-36-19(25(30,31)32)10-18(35-36)24(27,28)29)7-8-17(13)33-21(38)15-5-4-6-16(26)20(15)22(39)34-23(2,3)12-37/h4-10,37H,11-12H2,1-3H3,(H,33,38)(H,34,39). The van der Waals surface area contributed by atoms with Crippen molar-refractivity contribution in [2.75, 3.05) is 11.9 Å². The van der Waals surface area contributed by atoms with E-state index in [1.165, 1.54) is 43.3 Å². The molecule has 2 amide bonds. The third-order valence-corrected chi connectivity index (χ3v) is 5.88. The van der Waals surface area contributed by atoms with Crippen LogP contribution < -0.4 is 10.6 Å². The van der Waals surface area contributed by atoms with Gasteiger partial charge in [-0.15, -0.1) is 0 Å². The molecule has 7 nitrogen and oxygen atoms in total. The maximum atomic E-state index is 13.3. The molecular weight excluding hydrogens is 554 g/mol. The molecule has 3 rings (SSSR count). The number of amides is 2. The Labute approximate surface area is 223 Å². The molecule has 0 spiro atoms. The van der Waals surface area contributed by atoms with Crippen LogP contribution in [-0.2, 0) is 18.9 Å². The second-order valence-corrected chi connectivity index (χ2v) is 9.74. The molecule has 1 heterocycles. The molecule has 0 unspecified atom stereocenters. The van der Waals surface area contributed by atoms with Crippen LogP contribution >= 0.6 is 11.6 Å². The number of aryl methyl sites for hydroxylation is 1. The Morgan fingerprint density at radius 2 is 1.67 bits per heavy atom. The number of carbonyl (C=O) groups excluding carboxylic acids is 2. The van der Waals surface area contributed by atoms with Gasteiger partial charge in [-0.3, -0.25) is 14.3 Å². The number of nitrogens with zero attached hydrogens (tertiary/aromatic N) is 2. The fourth-order valence-electron chi connectivity index (χ4n) is 3.58. The number of carbonyl (C=O) groups is 2. The number of aliphatic hydroxyl groups excluding tert-OH is 1. The van der Waals surface area contributed by atoms with Crippen molar-refractivity contribution in [1.82, 2.24) is 15.1 Å². The maximum Gasteiger partial charge on any atom is 0.435 e. The van der Waals surface area contributed by atoms with Gasteiger partial charge in [-0.1, -0.05) is 29.8 Å². The summed E-state index contributed by atoms with van der Waals surface area (Å²) in [4.78, 5) is 25.9. The summed E-state index contributed by atoms with van der Waals surface area (Å²) in [5.74, 6) is -1.42. The van der Waals surface area contributed by atoms with Gasteiger partial charge in [0, 0.05) is 11.8 Å². The minimum Gasteiger partial charge on any atom is -0.394 e. The van der Waals surface area contributed by atoms with Crippen LogP contribution in [0.15, 0.2) is 42.5 Å². The minimum absolute atomic E-state index is 0.0149. The number of benzene rings is 2. The highest BCUT2D eigenvalue weighted by Gasteiger charge is 2.41. The smallest absolute Gasteiger partial charge is 0.394 e. The van der Waals surface area contributed by atoms with Gasteiger partial charge in [-0.05, 0) is 50.1 Å². The Morgan fingerprint density at radius 1 is 1.00 bits per heavy atom. The highest BCUT2D eigenvalue weighted by molar-refractivity contribution is 6.35. The Kier molecular flexibility index (Phi) is 8.37. The van der Waals surface area contributed by atoms with Gasteiger partial charge in [-0.25, -0.2) is 0 Å². The fourth-order valence-corrected chi connectivity index (χ4v) is 3.84. The number of nitrogens with one attached hydrogen (secondary N) is 2. The van der Waals surface area contributed by atoms with Crippen molar-refractivity contribution in [2.45, 2.75) is 45.2 Å². The van der Waals surface area contributed by atoms with Crippen molar-refractivity contribution in [3.05, 3.63) is 81.1 Å². The van der Waals surface area contributed by atoms with Crippen molar-refractivity contribution in [1.29, 1.82) is 0 Å². The third-order valence-electron chi connectivity index (χ3n) is 5.56. The molecule has 3 aromatic rings. The predicted molar refractivity (Wildman–Crippen MR) is 131 cm³/mol. The van der Waals surface area contributed by atoms with Crippen LogP contribution in [0.25, 0.3) is 0 Å². The van der Waals surface area contributed by atoms with Crippen LogP contribution in [0.5, 0.6) is 0 Å². The van der Waals surface area contributed by atoms with E-state index in [-0.39, 0.29) is 44.8 Å². The molecule has 39 heavy (non-hydrogen) atoms. The summed E-state index contributed by atoms with van der Waals surface area (Å²) in [6.45, 7) is 3.67. The zero-order chi connectivity index (χ0) is 29.3. The molecule has 0 atom stereocenters. The SMILES string of the molecule is Cc1cc(Cn2nc(C(F)(F)F)cc2C(F)(F)F)ccc1NC(=O)c1cccc(Cl)c1C(=O)NC(C)(C)CO. The van der Waals surface area contributed by atoms with Gasteiger partial charge in [0.1, 0.15) is 5.69 Å². The number of aromatic nitrogens is 2. The second-order valence-electron chi connectivity index (χ2n) is 9.33. The quantitative estimate of drug-likeness (QED) is 0.315. The number of alkyl halides is 6. The molecule has 1 aromatic heterocycles. The van der Waals surface area contributed by atoms with Gasteiger partial charge in [0.2, 0.25) is 0 Å². The molecule has 0 fully saturated rings. The van der Waals surface area contributed by atoms with Gasteiger partial charge in [-0.2, -0.15) is 31.4 Å². The van der Waals surface area contributed by atoms with E-state index >= 15 is 0 Å². The van der Waals surface area contributed by atoms with Crippen molar-refractivity contribution < 1.29 is 41.0 Å². The largest absolute Gasteiger partial charge is 0.435 e. The zero-order valence-electron chi connectivity index (χ0n) is 20.8. The molecule has 0 aliphatic rings. The average Bonchev–Trinajstić information content (AvgIpc) is 3.25. The Balaban J connectivity index is 1.87. The molecule has 0 aliphatic heterocycles. The molecule has 0 aliphatic carbocycles. The van der Waals surface area contributed by atoms with E-state index in [2.05, 4.69) is 15.7 Å². The molecule has 0 saturated heterocycles. The molecule has 0 bridgehead atoms. The summed E-state index contributed by atoms with van der Waals surface area (Å²) in [7, 11) is 0. The average molecular weight is 577 g/mol. The fraction of sp³-hybridized carbons (Fsp3) is 0.320. The van der Waals surface area contributed by atoms with Crippen LogP contribution in [-0.4, -0.2) is 38.8 Å². The molecule has 14 heteroatoms. The van der Waals surface area contributed by atoms with Crippen molar-refractivity contribution in [2.24, 2.45) is 0 Å². The monoisotopic (exact) mass is 576 g/mol. The topological polar surface area (TPSA) is 96.2 Å². The Morgan fingerprint density at radius 3 is 2.23 bits per heavy atom. The molecular formula is C25H23ClF6N4O3. The van der Waals surface area contributed by atoms with Crippen LogP contribution in [0.4, 0.5) is 32.0 Å². The van der Waals surface area contributed by atoms with E-state index < -0.39 is 47.6 Å². The summed E-state index contributed by atoms with van der Waals surface area (Å²) in [6.07, 6.45) is -10.1. The minimum atomic E-state index is -5.06. The van der Waals surface area contributed by atoms with E-state index in [1.807, 2.05) is 0 Å². The summed E-state index contributed by atoms with van der Waals surface area (Å²) in [6, 6.07) is 8.26. The predicted octanol–water partition coefficient (Wildman–Crippen LogP) is 5.68. The van der Waals surface area contributed by atoms with Gasteiger partial charge in [0.05, 0.1) is 34.8 Å². The highest BCUT2D eigenvalue weighted by atomic mass is 35.5. The number of hydrogen-bond donors (Lipinski definition) is 3. The molecule has 0 radical (unpaired) electrons. The first-order chi connectivity index (χ1) is 17.9. The summed E-state index contributed by atoms with van der Waals surface area (Å²) >= 11 is 6.19. The maximum absolute atomic E-state index is 13.3. The summed E-state index contributed by atoms with van der Waals surface area (Å²) in [5, 5.41) is 17.7. The lowest BCUT2D eigenvalue weighted by Gasteiger charge is -2.24. The lowest BCUT2D eigenvalue weighted by Crippen LogP contribution is -2.46. The van der Waals surface area contributed by atoms with E-state index in [1.54, 1.807) is 13.8 Å². The number of anilines is 1. The molecule has 3 N–H and O–H groups in total. The Bertz CT molecular complexity index is 1400. The van der Waals surface area contributed by atoms with Crippen molar-refractivity contribution in [3.8, 4) is 0 Å². The van der Waals surface area contributed by atoms with Crippen LogP contribution in [0.2, 0.25) is 5.02 Å². The first kappa shape index (κ1) is 30.0. The van der Waals surface area contributed by atoms with E-state index in [4.69, 9.17) is 11.6 Å². The summed E-state index contributed by atoms with van der Waals surface area (Å²) < 4.78 is 79.0. The summed E-state index contributed by atoms with van der Waals surface area (Å²) in [5.41, 5.74) is -3.63. The van der Waals surface area contributed by atoms with Gasteiger partial charge < -0.3 is 15.7 Å². The zero-order valence-corrected chi connectivity index (χ0v) is 21.5. The second kappa shape index (κ2) is 10.9. The normalized spacial score (nSPS) is 12.4. The first-order valence-corrected chi connectivity index (χ1v) is 11.7. The van der Waals surface area contributed by atoms with Crippen molar-refractivity contribution in [3.63, 3.8) is 0 Å². The third kappa shape index (κ3) is 7.09. The van der Waals surface area contributed by atoms with Gasteiger partial charge >= 0.3 is 12.4 Å². The van der Waals surface area contributed by atoms with E-state index in [9.17, 15) is 41.0 Å². The number of halogens is 7. The van der Waals surface area contributed by atoms with E-state index in [0.717, 1.165) is 0 Å². The number of rotatable bonds is 7. The Hall–Kier alpha value is -3.58. The van der Waals surface area contributed by atoms with Crippen LogP contribution in [0, 0.1) is 6.92 Å². The lowest BCUT2D eigenvalue weighted by atomic mass is 10.0.